The highest BCUT2D eigenvalue weighted by Crippen LogP contribution is 2.38. The smallest absolute Gasteiger partial charge is 0.160 e. The lowest BCUT2D eigenvalue weighted by Crippen LogP contribution is -1.83. The van der Waals surface area contributed by atoms with E-state index in [1.165, 1.54) is 44.8 Å². The molecule has 0 fully saturated rings. The molecule has 0 spiro atoms. The van der Waals surface area contributed by atoms with Gasteiger partial charge in [-0.1, -0.05) is 26.2 Å². The number of unbranched alkanes of at least 4 members (excludes halogenated alkanes) is 3. The second-order valence-electron chi connectivity index (χ2n) is 4.54. The summed E-state index contributed by atoms with van der Waals surface area (Å²) in [5, 5.41) is 0. The molecule has 0 atom stereocenters. The number of carbonyl (C=O) groups excluding carboxylic acids is 1. The first-order chi connectivity index (χ1) is 9.24. The van der Waals surface area contributed by atoms with Crippen molar-refractivity contribution in [1.82, 2.24) is 0 Å². The van der Waals surface area contributed by atoms with Crippen LogP contribution in [0.4, 0.5) is 0 Å². The van der Waals surface area contributed by atoms with Crippen molar-refractivity contribution in [3.05, 3.63) is 32.4 Å². The monoisotopic (exact) mass is 356 g/mol. The second kappa shape index (κ2) is 7.36. The first-order valence-electron chi connectivity index (χ1n) is 6.58. The van der Waals surface area contributed by atoms with Crippen molar-refractivity contribution in [3.63, 3.8) is 0 Å². The zero-order chi connectivity index (χ0) is 13.7. The summed E-state index contributed by atoms with van der Waals surface area (Å²) in [6.07, 6.45) is 7.22. The summed E-state index contributed by atoms with van der Waals surface area (Å²) >= 11 is 6.99. The zero-order valence-electron chi connectivity index (χ0n) is 10.9. The highest BCUT2D eigenvalue weighted by atomic mass is 79.9. The summed E-state index contributed by atoms with van der Waals surface area (Å²) in [4.78, 5) is 14.0. The SMILES string of the molecule is CCCCCCc1cc(-c2ccc(C=O)s2)sc1Br. The minimum Gasteiger partial charge on any atom is -0.297 e. The Balaban J connectivity index is 2.05. The van der Waals surface area contributed by atoms with Crippen LogP contribution in [0.1, 0.15) is 47.8 Å². The Bertz CT molecular complexity index is 542. The fourth-order valence-electron chi connectivity index (χ4n) is 1.99. The Kier molecular flexibility index (Phi) is 5.79. The third-order valence-corrected chi connectivity index (χ3v) is 6.21. The number of carbonyl (C=O) groups is 1. The average Bonchev–Trinajstić information content (AvgIpc) is 3.01. The Morgan fingerprint density at radius 3 is 2.68 bits per heavy atom. The number of aldehydes is 1. The molecule has 0 aliphatic heterocycles. The summed E-state index contributed by atoms with van der Waals surface area (Å²) in [5.41, 5.74) is 1.40. The van der Waals surface area contributed by atoms with Crippen LogP contribution in [0.3, 0.4) is 0 Å². The highest BCUT2D eigenvalue weighted by Gasteiger charge is 2.10. The third-order valence-electron chi connectivity index (χ3n) is 3.04. The number of aryl methyl sites for hydroxylation is 1. The van der Waals surface area contributed by atoms with Crippen LogP contribution in [0.2, 0.25) is 0 Å². The van der Waals surface area contributed by atoms with Crippen molar-refractivity contribution in [3.8, 4) is 9.75 Å². The summed E-state index contributed by atoms with van der Waals surface area (Å²) in [5.74, 6) is 0. The molecule has 4 heteroatoms. The van der Waals surface area contributed by atoms with Gasteiger partial charge in [0.15, 0.2) is 6.29 Å². The van der Waals surface area contributed by atoms with E-state index in [1.807, 2.05) is 12.1 Å². The lowest BCUT2D eigenvalue weighted by atomic mass is 10.1. The van der Waals surface area contributed by atoms with E-state index in [0.29, 0.717) is 0 Å². The van der Waals surface area contributed by atoms with Gasteiger partial charge in [-0.2, -0.15) is 0 Å². The van der Waals surface area contributed by atoms with Gasteiger partial charge in [-0.25, -0.2) is 0 Å². The van der Waals surface area contributed by atoms with Gasteiger partial charge in [0.25, 0.3) is 0 Å². The molecule has 2 aromatic heterocycles. The average molecular weight is 357 g/mol. The van der Waals surface area contributed by atoms with Crippen molar-refractivity contribution in [2.24, 2.45) is 0 Å². The molecule has 2 aromatic rings. The molecule has 0 unspecified atom stereocenters. The van der Waals surface area contributed by atoms with Crippen LogP contribution in [0.5, 0.6) is 0 Å². The van der Waals surface area contributed by atoms with E-state index in [4.69, 9.17) is 0 Å². The molecule has 0 aliphatic rings. The molecule has 2 rings (SSSR count). The molecule has 2 heterocycles. The lowest BCUT2D eigenvalue weighted by molar-refractivity contribution is 0.112. The van der Waals surface area contributed by atoms with E-state index < -0.39 is 0 Å². The van der Waals surface area contributed by atoms with Crippen molar-refractivity contribution < 1.29 is 4.79 Å². The van der Waals surface area contributed by atoms with Gasteiger partial charge in [0.2, 0.25) is 0 Å². The third kappa shape index (κ3) is 4.01. The summed E-state index contributed by atoms with van der Waals surface area (Å²) < 4.78 is 1.24. The van der Waals surface area contributed by atoms with Crippen LogP contribution < -0.4 is 0 Å². The maximum Gasteiger partial charge on any atom is 0.160 e. The normalized spacial score (nSPS) is 10.8. The highest BCUT2D eigenvalue weighted by molar-refractivity contribution is 9.11. The molecule has 1 nitrogen and oxygen atoms in total. The molecule has 0 bridgehead atoms. The number of hydrogen-bond acceptors (Lipinski definition) is 3. The van der Waals surface area contributed by atoms with Gasteiger partial charge >= 0.3 is 0 Å². The molecule has 0 radical (unpaired) electrons. The van der Waals surface area contributed by atoms with Crippen LogP contribution in [0.15, 0.2) is 22.0 Å². The molecular formula is C15H17BrOS2. The van der Waals surface area contributed by atoms with Gasteiger partial charge in [0.05, 0.1) is 8.66 Å². The minimum atomic E-state index is 0.795. The first kappa shape index (κ1) is 14.9. The fraction of sp³-hybridized carbons (Fsp3) is 0.400. The van der Waals surface area contributed by atoms with Crippen molar-refractivity contribution in [1.29, 1.82) is 0 Å². The molecule has 0 amide bonds. The molecule has 0 aliphatic carbocycles. The molecular weight excluding hydrogens is 340 g/mol. The Morgan fingerprint density at radius 2 is 2.00 bits per heavy atom. The molecule has 102 valence electrons. The van der Waals surface area contributed by atoms with Crippen LogP contribution in [0, 0.1) is 0 Å². The molecule has 0 N–H and O–H groups in total. The van der Waals surface area contributed by atoms with Crippen LogP contribution in [0.25, 0.3) is 9.75 Å². The summed E-state index contributed by atoms with van der Waals surface area (Å²) in [6, 6.07) is 6.19. The van der Waals surface area contributed by atoms with Gasteiger partial charge < -0.3 is 0 Å². The Morgan fingerprint density at radius 1 is 1.16 bits per heavy atom. The summed E-state index contributed by atoms with van der Waals surface area (Å²) in [7, 11) is 0. The van der Waals surface area contributed by atoms with Crippen molar-refractivity contribution in [2.45, 2.75) is 39.0 Å². The predicted octanol–water partition coefficient (Wildman–Crippen LogP) is 6.17. The van der Waals surface area contributed by atoms with E-state index in [2.05, 4.69) is 28.9 Å². The number of thiophene rings is 2. The lowest BCUT2D eigenvalue weighted by Gasteiger charge is -1.98. The predicted molar refractivity (Wildman–Crippen MR) is 88.6 cm³/mol. The fourth-order valence-corrected chi connectivity index (χ4v) is 4.66. The van der Waals surface area contributed by atoms with Gasteiger partial charge in [-0.3, -0.25) is 4.79 Å². The molecule has 0 aromatic carbocycles. The maximum atomic E-state index is 10.7. The van der Waals surface area contributed by atoms with E-state index in [1.54, 1.807) is 22.7 Å². The van der Waals surface area contributed by atoms with Crippen LogP contribution in [-0.4, -0.2) is 6.29 Å². The zero-order valence-corrected chi connectivity index (χ0v) is 14.2. The van der Waals surface area contributed by atoms with Gasteiger partial charge in [0.1, 0.15) is 0 Å². The standard InChI is InChI=1S/C15H17BrOS2/c1-2-3-4-5-6-11-9-14(19-15(11)16)13-8-7-12(10-17)18-13/h7-10H,2-6H2,1H3. The van der Waals surface area contributed by atoms with E-state index in [9.17, 15) is 4.79 Å². The van der Waals surface area contributed by atoms with E-state index in [0.717, 1.165) is 17.6 Å². The Hall–Kier alpha value is -0.450. The van der Waals surface area contributed by atoms with Gasteiger partial charge in [-0.05, 0) is 52.5 Å². The quantitative estimate of drug-likeness (QED) is 0.427. The molecule has 19 heavy (non-hydrogen) atoms. The number of rotatable bonds is 7. The molecule has 0 saturated carbocycles. The van der Waals surface area contributed by atoms with E-state index >= 15 is 0 Å². The summed E-state index contributed by atoms with van der Waals surface area (Å²) in [6.45, 7) is 2.24. The topological polar surface area (TPSA) is 17.1 Å². The molecule has 0 saturated heterocycles. The van der Waals surface area contributed by atoms with Crippen molar-refractivity contribution >= 4 is 44.9 Å². The van der Waals surface area contributed by atoms with E-state index in [-0.39, 0.29) is 0 Å². The Labute approximate surface area is 130 Å². The number of halogens is 1. The van der Waals surface area contributed by atoms with Crippen LogP contribution in [-0.2, 0) is 6.42 Å². The van der Waals surface area contributed by atoms with Crippen LogP contribution >= 0.6 is 38.6 Å². The first-order valence-corrected chi connectivity index (χ1v) is 9.00. The largest absolute Gasteiger partial charge is 0.297 e. The minimum absolute atomic E-state index is 0.795. The number of hydrogen-bond donors (Lipinski definition) is 0. The second-order valence-corrected chi connectivity index (χ2v) is 8.03. The maximum absolute atomic E-state index is 10.7. The van der Waals surface area contributed by atoms with Crippen molar-refractivity contribution in [2.75, 3.05) is 0 Å². The van der Waals surface area contributed by atoms with Gasteiger partial charge in [0, 0.05) is 9.75 Å². The van der Waals surface area contributed by atoms with Gasteiger partial charge in [-0.15, -0.1) is 22.7 Å².